The van der Waals surface area contributed by atoms with Gasteiger partial charge in [-0.3, -0.25) is 19.4 Å². The van der Waals surface area contributed by atoms with Crippen LogP contribution < -0.4 is 4.90 Å². The highest BCUT2D eigenvalue weighted by molar-refractivity contribution is 7.12. The third kappa shape index (κ3) is 3.77. The van der Waals surface area contributed by atoms with Crippen molar-refractivity contribution in [3.05, 3.63) is 52.2 Å². The number of urea groups is 1. The summed E-state index contributed by atoms with van der Waals surface area (Å²) in [7, 11) is 0. The molecule has 3 heterocycles. The zero-order valence-corrected chi connectivity index (χ0v) is 17.4. The highest BCUT2D eigenvalue weighted by atomic mass is 32.1. The van der Waals surface area contributed by atoms with Gasteiger partial charge in [0.25, 0.3) is 11.8 Å². The van der Waals surface area contributed by atoms with E-state index in [-0.39, 0.29) is 24.5 Å². The summed E-state index contributed by atoms with van der Waals surface area (Å²) >= 11 is 1.44. The van der Waals surface area contributed by atoms with Crippen LogP contribution in [0.25, 0.3) is 0 Å². The van der Waals surface area contributed by atoms with E-state index in [9.17, 15) is 14.4 Å². The Morgan fingerprint density at radius 3 is 2.38 bits per heavy atom. The summed E-state index contributed by atoms with van der Waals surface area (Å²) in [5.74, 6) is -0.139. The van der Waals surface area contributed by atoms with Crippen molar-refractivity contribution in [2.24, 2.45) is 0 Å². The number of benzene rings is 1. The molecule has 4 amide bonds. The number of carbonyl (C=O) groups excluding carboxylic acids is 3. The first kappa shape index (κ1) is 19.6. The minimum absolute atomic E-state index is 0.0483. The van der Waals surface area contributed by atoms with E-state index in [0.29, 0.717) is 26.2 Å². The maximum Gasteiger partial charge on any atom is 0.333 e. The summed E-state index contributed by atoms with van der Waals surface area (Å²) < 4.78 is 0. The van der Waals surface area contributed by atoms with E-state index in [1.165, 1.54) is 16.2 Å². The smallest absolute Gasteiger partial charge is 0.333 e. The number of hydrogen-bond donors (Lipinski definition) is 0. The zero-order chi connectivity index (χ0) is 20.5. The number of anilines is 1. The maximum absolute atomic E-state index is 13.0. The number of carbonyl (C=O) groups is 3. The van der Waals surface area contributed by atoms with Gasteiger partial charge in [-0.15, -0.1) is 11.3 Å². The van der Waals surface area contributed by atoms with Crippen LogP contribution in [-0.2, 0) is 4.79 Å². The Kier molecular flexibility index (Phi) is 5.38. The summed E-state index contributed by atoms with van der Waals surface area (Å²) in [6.07, 6.45) is 0. The van der Waals surface area contributed by atoms with Crippen molar-refractivity contribution >= 4 is 34.9 Å². The minimum Gasteiger partial charge on any atom is -0.335 e. The number of hydrogen-bond acceptors (Lipinski definition) is 5. The number of imide groups is 1. The summed E-state index contributed by atoms with van der Waals surface area (Å²) in [5.41, 5.74) is 1.83. The van der Waals surface area contributed by atoms with Crippen LogP contribution in [0.15, 0.2) is 41.8 Å². The molecular formula is C21H24N4O3S. The van der Waals surface area contributed by atoms with Crippen molar-refractivity contribution in [3.63, 3.8) is 0 Å². The largest absolute Gasteiger partial charge is 0.335 e. The van der Waals surface area contributed by atoms with Gasteiger partial charge in [0.2, 0.25) is 0 Å². The van der Waals surface area contributed by atoms with E-state index in [2.05, 4.69) is 4.90 Å². The molecule has 2 saturated heterocycles. The Labute approximate surface area is 174 Å². The molecule has 1 aromatic carbocycles. The Bertz CT molecular complexity index is 905. The molecule has 4 rings (SSSR count). The van der Waals surface area contributed by atoms with Crippen LogP contribution in [-0.4, -0.2) is 71.4 Å². The third-order valence-corrected chi connectivity index (χ3v) is 6.35. The van der Waals surface area contributed by atoms with Gasteiger partial charge < -0.3 is 4.90 Å². The monoisotopic (exact) mass is 412 g/mol. The molecule has 0 unspecified atom stereocenters. The lowest BCUT2D eigenvalue weighted by Gasteiger charge is -2.35. The van der Waals surface area contributed by atoms with Crippen molar-refractivity contribution in [2.45, 2.75) is 19.9 Å². The summed E-state index contributed by atoms with van der Waals surface area (Å²) in [5, 5.41) is 1.90. The molecule has 7 nitrogen and oxygen atoms in total. The lowest BCUT2D eigenvalue weighted by atomic mass is 10.2. The minimum atomic E-state index is -0.521. The third-order valence-electron chi connectivity index (χ3n) is 5.49. The zero-order valence-electron chi connectivity index (χ0n) is 16.6. The number of thiophene rings is 1. The fraction of sp³-hybridized carbons (Fsp3) is 0.381. The molecule has 0 saturated carbocycles. The van der Waals surface area contributed by atoms with Crippen LogP contribution in [0, 0.1) is 6.92 Å². The number of nitrogens with zero attached hydrogens (tertiary/aromatic N) is 4. The van der Waals surface area contributed by atoms with Gasteiger partial charge >= 0.3 is 6.03 Å². The van der Waals surface area contributed by atoms with Gasteiger partial charge in [0.15, 0.2) is 0 Å². The van der Waals surface area contributed by atoms with Crippen LogP contribution in [0.1, 0.15) is 22.2 Å². The van der Waals surface area contributed by atoms with Gasteiger partial charge in [-0.2, -0.15) is 0 Å². The van der Waals surface area contributed by atoms with E-state index >= 15 is 0 Å². The fourth-order valence-corrected chi connectivity index (χ4v) is 4.43. The van der Waals surface area contributed by atoms with E-state index < -0.39 is 6.04 Å². The van der Waals surface area contributed by atoms with Crippen LogP contribution in [0.4, 0.5) is 10.5 Å². The molecule has 152 valence electrons. The molecule has 2 aliphatic rings. The van der Waals surface area contributed by atoms with Gasteiger partial charge in [0.05, 0.1) is 11.5 Å². The predicted molar refractivity (Wildman–Crippen MR) is 112 cm³/mol. The summed E-state index contributed by atoms with van der Waals surface area (Å²) in [4.78, 5) is 45.7. The Morgan fingerprint density at radius 1 is 1.07 bits per heavy atom. The molecule has 2 aromatic rings. The average Bonchev–Trinajstić information content (AvgIpc) is 3.33. The van der Waals surface area contributed by atoms with Crippen molar-refractivity contribution in [2.75, 3.05) is 37.7 Å². The van der Waals surface area contributed by atoms with Crippen LogP contribution >= 0.6 is 11.3 Å². The first-order valence-corrected chi connectivity index (χ1v) is 10.6. The molecule has 0 aliphatic carbocycles. The quantitative estimate of drug-likeness (QED) is 0.725. The second kappa shape index (κ2) is 7.96. The number of rotatable bonds is 4. The molecule has 1 atom stereocenters. The SMILES string of the molecule is Cc1ccc(N2C(=O)N(CN3CCN(C(=O)c4cccs4)CC3)C(=O)[C@@H]2C)cc1. The van der Waals surface area contributed by atoms with Crippen molar-refractivity contribution in [3.8, 4) is 0 Å². The van der Waals surface area contributed by atoms with Gasteiger partial charge in [-0.1, -0.05) is 23.8 Å². The van der Waals surface area contributed by atoms with Crippen LogP contribution in [0.3, 0.4) is 0 Å². The molecule has 0 bridgehead atoms. The van der Waals surface area contributed by atoms with E-state index in [1.54, 1.807) is 11.8 Å². The molecule has 0 N–H and O–H groups in total. The van der Waals surface area contributed by atoms with E-state index in [4.69, 9.17) is 0 Å². The van der Waals surface area contributed by atoms with Crippen LogP contribution in [0.5, 0.6) is 0 Å². The van der Waals surface area contributed by atoms with Crippen LogP contribution in [0.2, 0.25) is 0 Å². The normalized spacial score (nSPS) is 20.6. The van der Waals surface area contributed by atoms with Crippen molar-refractivity contribution in [1.82, 2.24) is 14.7 Å². The topological polar surface area (TPSA) is 64.2 Å². The first-order chi connectivity index (χ1) is 14.0. The molecule has 2 aliphatic heterocycles. The van der Waals surface area contributed by atoms with E-state index in [0.717, 1.165) is 16.1 Å². The predicted octanol–water partition coefficient (Wildman–Crippen LogP) is 2.63. The van der Waals surface area contributed by atoms with Crippen molar-refractivity contribution < 1.29 is 14.4 Å². The molecule has 1 aromatic heterocycles. The maximum atomic E-state index is 13.0. The Morgan fingerprint density at radius 2 is 1.76 bits per heavy atom. The Balaban J connectivity index is 1.38. The number of amides is 4. The summed E-state index contributed by atoms with van der Waals surface area (Å²) in [6.45, 7) is 6.44. The molecule has 2 fully saturated rings. The van der Waals surface area contributed by atoms with Gasteiger partial charge in [0, 0.05) is 31.9 Å². The first-order valence-electron chi connectivity index (χ1n) is 9.72. The average molecular weight is 413 g/mol. The number of piperazine rings is 1. The van der Waals surface area contributed by atoms with Gasteiger partial charge in [0.1, 0.15) is 6.04 Å². The van der Waals surface area contributed by atoms with Crippen molar-refractivity contribution in [1.29, 1.82) is 0 Å². The lowest BCUT2D eigenvalue weighted by molar-refractivity contribution is -0.128. The number of aryl methyl sites for hydroxylation is 1. The van der Waals surface area contributed by atoms with Gasteiger partial charge in [-0.05, 0) is 37.4 Å². The van der Waals surface area contributed by atoms with E-state index in [1.807, 2.05) is 53.6 Å². The molecule has 29 heavy (non-hydrogen) atoms. The highest BCUT2D eigenvalue weighted by Gasteiger charge is 2.44. The molecule has 8 heteroatoms. The summed E-state index contributed by atoms with van der Waals surface area (Å²) in [6, 6.07) is 10.5. The molecular weight excluding hydrogens is 388 g/mol. The lowest BCUT2D eigenvalue weighted by Crippen LogP contribution is -2.52. The fourth-order valence-electron chi connectivity index (χ4n) is 3.74. The van der Waals surface area contributed by atoms with Gasteiger partial charge in [-0.25, -0.2) is 9.69 Å². The highest BCUT2D eigenvalue weighted by Crippen LogP contribution is 2.26. The standard InChI is InChI=1S/C21H24N4O3S/c1-15-5-7-17(8-6-15)25-16(2)19(26)24(21(25)28)14-22-9-11-23(12-10-22)20(27)18-4-3-13-29-18/h3-8,13,16H,9-12,14H2,1-2H3/t16-/m0/s1. The Hall–Kier alpha value is -2.71. The molecule has 0 radical (unpaired) electrons. The second-order valence-electron chi connectivity index (χ2n) is 7.46. The molecule has 0 spiro atoms. The second-order valence-corrected chi connectivity index (χ2v) is 8.41.